The van der Waals surface area contributed by atoms with E-state index >= 15 is 0 Å². The number of halogens is 5. The number of alkyl halides is 4. The number of aromatic nitrogens is 5. The number of fused-ring (bicyclic) bond motifs is 1. The molecule has 210 valence electrons. The molecule has 0 fully saturated rings. The lowest BCUT2D eigenvalue weighted by atomic mass is 9.95. The number of nitrogens with one attached hydrogen (secondary N) is 2. The Kier molecular flexibility index (Phi) is 8.13. The molecule has 4 aromatic heterocycles. The Balaban J connectivity index is 1.53. The normalized spacial score (nSPS) is 12.2. The first kappa shape index (κ1) is 27.6. The Morgan fingerprint density at radius 2 is 1.73 bits per heavy atom. The van der Waals surface area contributed by atoms with Gasteiger partial charge in [0.2, 0.25) is 18.2 Å². The summed E-state index contributed by atoms with van der Waals surface area (Å²) in [6.07, 6.45) is -2.12. The number of H-pyrrole nitrogens is 1. The first-order chi connectivity index (χ1) is 19.8. The molecule has 0 aliphatic heterocycles. The Bertz CT molecular complexity index is 1650. The molecule has 8 nitrogen and oxygen atoms in total. The number of rotatable bonds is 10. The minimum atomic E-state index is -2.79. The molecular formula is C28H21F5N6O2. The van der Waals surface area contributed by atoms with Crippen LogP contribution in [0, 0.1) is 5.82 Å². The maximum Gasteiger partial charge on any atom is 0.272 e. The minimum absolute atomic E-state index is 0.0553. The van der Waals surface area contributed by atoms with Crippen molar-refractivity contribution in [1.82, 2.24) is 24.9 Å². The molecule has 1 aromatic carbocycles. The van der Waals surface area contributed by atoms with Crippen molar-refractivity contribution in [2.24, 2.45) is 0 Å². The van der Waals surface area contributed by atoms with Crippen LogP contribution >= 0.6 is 0 Å². The van der Waals surface area contributed by atoms with Gasteiger partial charge in [-0.1, -0.05) is 18.2 Å². The van der Waals surface area contributed by atoms with Crippen molar-refractivity contribution in [3.05, 3.63) is 84.7 Å². The van der Waals surface area contributed by atoms with Gasteiger partial charge in [0.1, 0.15) is 29.0 Å². The molecule has 0 saturated carbocycles. The number of aromatic amines is 1. The van der Waals surface area contributed by atoms with Crippen molar-refractivity contribution in [3.8, 4) is 28.4 Å². The summed E-state index contributed by atoms with van der Waals surface area (Å²) in [6, 6.07) is 13.1. The van der Waals surface area contributed by atoms with E-state index in [0.717, 1.165) is 12.1 Å². The SMILES string of the molecule is O=C(Nc1cc(-c2[nH]c3c(OCC(F)F)ncnc3c2-c2ccccn2)ccn1)C(CC(F)F)c1ccc(F)cc1. The van der Waals surface area contributed by atoms with Gasteiger partial charge in [0, 0.05) is 24.4 Å². The summed E-state index contributed by atoms with van der Waals surface area (Å²) < 4.78 is 70.9. The highest BCUT2D eigenvalue weighted by Gasteiger charge is 2.26. The zero-order valence-electron chi connectivity index (χ0n) is 21.1. The molecule has 41 heavy (non-hydrogen) atoms. The fraction of sp³-hybridized carbons (Fsp3) is 0.179. The van der Waals surface area contributed by atoms with E-state index in [1.807, 2.05) is 0 Å². The van der Waals surface area contributed by atoms with Gasteiger partial charge in [0.25, 0.3) is 6.43 Å². The molecule has 1 amide bonds. The molecule has 5 aromatic rings. The summed E-state index contributed by atoms with van der Waals surface area (Å²) in [5, 5.41) is 2.57. The number of benzene rings is 1. The van der Waals surface area contributed by atoms with Crippen LogP contribution in [0.4, 0.5) is 27.8 Å². The van der Waals surface area contributed by atoms with Crippen molar-refractivity contribution >= 4 is 22.8 Å². The van der Waals surface area contributed by atoms with Gasteiger partial charge in [-0.2, -0.15) is 4.98 Å². The van der Waals surface area contributed by atoms with Crippen LogP contribution in [0.5, 0.6) is 5.88 Å². The molecule has 0 radical (unpaired) electrons. The third-order valence-corrected chi connectivity index (χ3v) is 6.12. The third kappa shape index (κ3) is 6.29. The molecule has 0 bridgehead atoms. The predicted molar refractivity (Wildman–Crippen MR) is 140 cm³/mol. The lowest BCUT2D eigenvalue weighted by Gasteiger charge is -2.17. The van der Waals surface area contributed by atoms with Gasteiger partial charge in [-0.25, -0.2) is 31.9 Å². The van der Waals surface area contributed by atoms with Gasteiger partial charge < -0.3 is 15.0 Å². The average Bonchev–Trinajstić information content (AvgIpc) is 3.36. The molecular weight excluding hydrogens is 547 g/mol. The van der Waals surface area contributed by atoms with Crippen LogP contribution in [-0.2, 0) is 4.79 Å². The van der Waals surface area contributed by atoms with Gasteiger partial charge in [-0.3, -0.25) is 9.78 Å². The number of carbonyl (C=O) groups is 1. The number of pyridine rings is 2. The highest BCUT2D eigenvalue weighted by atomic mass is 19.3. The Morgan fingerprint density at radius 1 is 0.927 bits per heavy atom. The van der Waals surface area contributed by atoms with E-state index < -0.39 is 43.5 Å². The molecule has 0 aliphatic carbocycles. The summed E-state index contributed by atoms with van der Waals surface area (Å²) >= 11 is 0. The second-order valence-electron chi connectivity index (χ2n) is 8.84. The first-order valence-electron chi connectivity index (χ1n) is 12.3. The standard InChI is InChI=1S/C28H21F5N6O2/c29-17-6-4-15(5-7-17)18(12-20(30)31)27(40)38-22-11-16(8-10-35-22)24-23(19-3-1-2-9-34-19)25-26(39-24)28(37-14-36-25)41-13-21(32)33/h1-11,14,18,20-21,39H,12-13H2,(H,35,38,40). The average molecular weight is 569 g/mol. The van der Waals surface area contributed by atoms with E-state index in [2.05, 4.69) is 30.2 Å². The van der Waals surface area contributed by atoms with Crippen LogP contribution in [0.25, 0.3) is 33.5 Å². The summed E-state index contributed by atoms with van der Waals surface area (Å²) in [5.74, 6) is -2.61. The fourth-order valence-corrected chi connectivity index (χ4v) is 4.34. The number of nitrogens with zero attached hydrogens (tertiary/aromatic N) is 4. The topological polar surface area (TPSA) is 106 Å². The Labute approximate surface area is 229 Å². The maximum absolute atomic E-state index is 13.4. The molecule has 4 heterocycles. The molecule has 0 spiro atoms. The largest absolute Gasteiger partial charge is 0.470 e. The zero-order chi connectivity index (χ0) is 28.9. The van der Waals surface area contributed by atoms with Crippen molar-refractivity contribution in [2.45, 2.75) is 25.2 Å². The van der Waals surface area contributed by atoms with Gasteiger partial charge in [-0.15, -0.1) is 0 Å². The van der Waals surface area contributed by atoms with Crippen molar-refractivity contribution in [1.29, 1.82) is 0 Å². The quantitative estimate of drug-likeness (QED) is 0.193. The number of amides is 1. The number of anilines is 1. The maximum atomic E-state index is 13.4. The molecule has 13 heteroatoms. The summed E-state index contributed by atoms with van der Waals surface area (Å²) in [4.78, 5) is 33.1. The Morgan fingerprint density at radius 3 is 2.44 bits per heavy atom. The molecule has 0 aliphatic rings. The summed E-state index contributed by atoms with van der Waals surface area (Å²) in [5.41, 5.74) is 2.78. The molecule has 1 atom stereocenters. The minimum Gasteiger partial charge on any atom is -0.470 e. The first-order valence-corrected chi connectivity index (χ1v) is 12.3. The van der Waals surface area contributed by atoms with E-state index in [9.17, 15) is 26.7 Å². The number of hydrogen-bond acceptors (Lipinski definition) is 6. The molecule has 1 unspecified atom stereocenters. The number of carbonyl (C=O) groups excluding carboxylic acids is 1. The monoisotopic (exact) mass is 568 g/mol. The van der Waals surface area contributed by atoms with E-state index in [4.69, 9.17) is 4.74 Å². The van der Waals surface area contributed by atoms with Crippen LogP contribution in [0.2, 0.25) is 0 Å². The molecule has 2 N–H and O–H groups in total. The summed E-state index contributed by atoms with van der Waals surface area (Å²) in [6.45, 7) is -0.876. The number of ether oxygens (including phenoxy) is 1. The van der Waals surface area contributed by atoms with Crippen molar-refractivity contribution in [3.63, 3.8) is 0 Å². The molecule has 5 rings (SSSR count). The van der Waals surface area contributed by atoms with E-state index in [0.29, 0.717) is 28.0 Å². The second-order valence-corrected chi connectivity index (χ2v) is 8.84. The van der Waals surface area contributed by atoms with Crippen LogP contribution < -0.4 is 10.1 Å². The van der Waals surface area contributed by atoms with Crippen molar-refractivity contribution < 1.29 is 31.5 Å². The van der Waals surface area contributed by atoms with Gasteiger partial charge in [0.15, 0.2) is 6.61 Å². The zero-order valence-corrected chi connectivity index (χ0v) is 21.1. The van der Waals surface area contributed by atoms with Gasteiger partial charge in [0.05, 0.1) is 22.9 Å². The lowest BCUT2D eigenvalue weighted by Crippen LogP contribution is -2.23. The van der Waals surface area contributed by atoms with Crippen molar-refractivity contribution in [2.75, 3.05) is 11.9 Å². The number of hydrogen-bond donors (Lipinski definition) is 2. The molecule has 0 saturated heterocycles. The van der Waals surface area contributed by atoms with Crippen LogP contribution in [0.3, 0.4) is 0 Å². The fourth-order valence-electron chi connectivity index (χ4n) is 4.34. The van der Waals surface area contributed by atoms with Gasteiger partial charge >= 0.3 is 0 Å². The highest BCUT2D eigenvalue weighted by Crippen LogP contribution is 2.39. The smallest absolute Gasteiger partial charge is 0.272 e. The summed E-state index contributed by atoms with van der Waals surface area (Å²) in [7, 11) is 0. The Hall–Kier alpha value is -4.94. The van der Waals surface area contributed by atoms with Crippen LogP contribution in [0.1, 0.15) is 17.9 Å². The predicted octanol–water partition coefficient (Wildman–Crippen LogP) is 6.24. The van der Waals surface area contributed by atoms with Crippen LogP contribution in [0.15, 0.2) is 73.3 Å². The second kappa shape index (κ2) is 12.1. The van der Waals surface area contributed by atoms with E-state index in [1.54, 1.807) is 30.5 Å². The van der Waals surface area contributed by atoms with E-state index in [-0.39, 0.29) is 22.8 Å². The van der Waals surface area contributed by atoms with E-state index in [1.165, 1.54) is 30.7 Å². The van der Waals surface area contributed by atoms with Gasteiger partial charge in [-0.05, 0) is 42.0 Å². The highest BCUT2D eigenvalue weighted by molar-refractivity contribution is 6.02. The lowest BCUT2D eigenvalue weighted by molar-refractivity contribution is -0.118. The third-order valence-electron chi connectivity index (χ3n) is 6.12. The van der Waals surface area contributed by atoms with Crippen LogP contribution in [-0.4, -0.2) is 50.3 Å².